The topological polar surface area (TPSA) is 80.3 Å². The molecule has 5 heteroatoms. The van der Waals surface area contributed by atoms with Crippen molar-refractivity contribution in [3.63, 3.8) is 0 Å². The summed E-state index contributed by atoms with van der Waals surface area (Å²) in [6, 6.07) is 0. The van der Waals surface area contributed by atoms with E-state index in [1.807, 2.05) is 0 Å². The Labute approximate surface area is 97.8 Å². The third-order valence-electron chi connectivity index (χ3n) is 1.77. The first-order chi connectivity index (χ1) is 6.01. The van der Waals surface area contributed by atoms with Crippen LogP contribution in [-0.4, -0.2) is 11.9 Å². The van der Waals surface area contributed by atoms with E-state index in [9.17, 15) is 19.8 Å². The molecule has 0 aliphatic rings. The van der Waals surface area contributed by atoms with E-state index in [1.54, 1.807) is 0 Å². The Balaban J connectivity index is 0. The summed E-state index contributed by atoms with van der Waals surface area (Å²) in [6.45, 7) is 6.55. The van der Waals surface area contributed by atoms with Crippen LogP contribution in [0.25, 0.3) is 0 Å². The minimum absolute atomic E-state index is 0. The summed E-state index contributed by atoms with van der Waals surface area (Å²) in [5, 5.41) is 21.2. The normalized spacial score (nSPS) is 9.71. The van der Waals surface area contributed by atoms with Gasteiger partial charge in [-0.15, -0.1) is 13.2 Å². The summed E-state index contributed by atoms with van der Waals surface area (Å²) in [4.78, 5) is 21.2. The molecule has 1 radical (unpaired) electrons. The van der Waals surface area contributed by atoms with Crippen LogP contribution < -0.4 is 10.2 Å². The predicted molar refractivity (Wildman–Crippen MR) is 42.1 cm³/mol. The largest absolute Gasteiger partial charge is 2.00 e. The van der Waals surface area contributed by atoms with Crippen LogP contribution in [0.2, 0.25) is 0 Å². The van der Waals surface area contributed by atoms with Gasteiger partial charge in [-0.05, 0) is 12.8 Å². The summed E-state index contributed by atoms with van der Waals surface area (Å²) in [5.41, 5.74) is -2.02. The van der Waals surface area contributed by atoms with E-state index >= 15 is 0 Å². The molecule has 0 heterocycles. The van der Waals surface area contributed by atoms with Gasteiger partial charge >= 0.3 is 22.4 Å². The maximum absolute atomic E-state index is 10.6. The number of carbonyl (C=O) groups is 2. The molecule has 0 aromatic rings. The molecule has 4 nitrogen and oxygen atoms in total. The van der Waals surface area contributed by atoms with Gasteiger partial charge in [-0.3, -0.25) is 0 Å². The Bertz CT molecular complexity index is 221. The van der Waals surface area contributed by atoms with Crippen molar-refractivity contribution < 1.29 is 42.2 Å². The maximum atomic E-state index is 10.6. The minimum atomic E-state index is -2.02. The number of allylic oxidation sites excluding steroid dienone is 2. The molecule has 0 unspecified atom stereocenters. The molecule has 0 saturated heterocycles. The molecule has 0 fully saturated rings. The van der Waals surface area contributed by atoms with Crippen LogP contribution >= 0.6 is 0 Å². The zero-order chi connectivity index (χ0) is 10.5. The molecule has 0 aromatic heterocycles. The first kappa shape index (κ1) is 15.6. The fourth-order valence-electron chi connectivity index (χ4n) is 0.993. The molecule has 0 aliphatic heterocycles. The number of carbonyl (C=O) groups excluding carboxylic acids is 2. The van der Waals surface area contributed by atoms with Crippen LogP contribution in [0.15, 0.2) is 25.3 Å². The van der Waals surface area contributed by atoms with Crippen molar-refractivity contribution in [3.05, 3.63) is 25.3 Å². The van der Waals surface area contributed by atoms with Crippen LogP contribution in [-0.2, 0) is 32.0 Å². The Morgan fingerprint density at radius 3 is 1.50 bits per heavy atom. The fourth-order valence-corrected chi connectivity index (χ4v) is 0.993. The van der Waals surface area contributed by atoms with Gasteiger partial charge in [-0.25, -0.2) is 0 Å². The molecule has 14 heavy (non-hydrogen) atoms. The third-order valence-corrected chi connectivity index (χ3v) is 1.77. The van der Waals surface area contributed by atoms with Gasteiger partial charge < -0.3 is 19.8 Å². The number of carboxylic acids is 2. The van der Waals surface area contributed by atoms with E-state index in [0.29, 0.717) is 0 Å². The first-order valence-corrected chi connectivity index (χ1v) is 3.66. The molecule has 0 aliphatic carbocycles. The fraction of sp³-hybridized carbons (Fsp3) is 0.333. The zero-order valence-corrected chi connectivity index (χ0v) is 8.90. The van der Waals surface area contributed by atoms with Crippen molar-refractivity contribution in [1.82, 2.24) is 0 Å². The van der Waals surface area contributed by atoms with E-state index in [1.165, 1.54) is 12.2 Å². The number of hydrogen-bond acceptors (Lipinski definition) is 4. The van der Waals surface area contributed by atoms with Crippen molar-refractivity contribution >= 4 is 11.9 Å². The van der Waals surface area contributed by atoms with Crippen LogP contribution in [0.1, 0.15) is 12.8 Å². The Hall–Kier alpha value is -0.840. The molecule has 0 aromatic carbocycles. The molecular weight excluding hydrogens is 280 g/mol. The summed E-state index contributed by atoms with van der Waals surface area (Å²) in [6.07, 6.45) is 1.94. The summed E-state index contributed by atoms with van der Waals surface area (Å²) in [5.74, 6) is -3.35. The van der Waals surface area contributed by atoms with Crippen molar-refractivity contribution in [3.8, 4) is 0 Å². The number of rotatable bonds is 6. The van der Waals surface area contributed by atoms with Gasteiger partial charge in [0.05, 0.1) is 17.4 Å². The van der Waals surface area contributed by atoms with Gasteiger partial charge in [-0.1, -0.05) is 12.2 Å². The monoisotopic (exact) mass is 289 g/mol. The third kappa shape index (κ3) is 3.14. The van der Waals surface area contributed by atoms with Crippen LogP contribution in [0, 0.1) is 5.41 Å². The number of carboxylic acid groups (broad SMARTS) is 2. The molecule has 0 N–H and O–H groups in total. The van der Waals surface area contributed by atoms with Crippen LogP contribution in [0.5, 0.6) is 0 Å². The zero-order valence-electron chi connectivity index (χ0n) is 7.42. The molecule has 0 rings (SSSR count). The molecular formula is C9H10AgO4. The van der Waals surface area contributed by atoms with Crippen molar-refractivity contribution in [2.24, 2.45) is 5.41 Å². The van der Waals surface area contributed by atoms with Gasteiger partial charge in [0.2, 0.25) is 0 Å². The Morgan fingerprint density at radius 1 is 1.07 bits per heavy atom. The van der Waals surface area contributed by atoms with Gasteiger partial charge in [0.15, 0.2) is 0 Å². The van der Waals surface area contributed by atoms with Gasteiger partial charge in [0.25, 0.3) is 0 Å². The Morgan fingerprint density at radius 2 is 1.36 bits per heavy atom. The molecule has 0 saturated carbocycles. The number of aliphatic carboxylic acids is 2. The maximum Gasteiger partial charge on any atom is 2.00 e. The van der Waals surface area contributed by atoms with E-state index in [2.05, 4.69) is 13.2 Å². The minimum Gasteiger partial charge on any atom is -0.549 e. The van der Waals surface area contributed by atoms with Gasteiger partial charge in [0.1, 0.15) is 0 Å². The molecule has 0 amide bonds. The predicted octanol–water partition coefficient (Wildman–Crippen LogP) is -1.38. The standard InChI is InChI=1S/C9H12O4.Ag/c1-3-5-9(6-4-2,7(10)11)8(12)13;/h3-4H,1-2,5-6H2,(H,10,11)(H,12,13);/q;+2/p-2. The molecule has 81 valence electrons. The summed E-state index contributed by atoms with van der Waals surface area (Å²) < 4.78 is 0. The summed E-state index contributed by atoms with van der Waals surface area (Å²) in [7, 11) is 0. The van der Waals surface area contributed by atoms with E-state index < -0.39 is 17.4 Å². The Kier molecular flexibility index (Phi) is 7.35. The van der Waals surface area contributed by atoms with E-state index in [0.717, 1.165) is 0 Å². The quantitative estimate of drug-likeness (QED) is 0.343. The second-order valence-corrected chi connectivity index (χ2v) is 2.64. The average Bonchev–Trinajstić information content (AvgIpc) is 2.03. The van der Waals surface area contributed by atoms with Crippen molar-refractivity contribution in [2.45, 2.75) is 12.8 Å². The summed E-state index contributed by atoms with van der Waals surface area (Å²) >= 11 is 0. The smallest absolute Gasteiger partial charge is 0.549 e. The second-order valence-electron chi connectivity index (χ2n) is 2.64. The molecule has 0 spiro atoms. The second kappa shape index (κ2) is 6.59. The van der Waals surface area contributed by atoms with Gasteiger partial charge in [0, 0.05) is 0 Å². The average molecular weight is 290 g/mol. The van der Waals surface area contributed by atoms with E-state index in [-0.39, 0.29) is 35.2 Å². The van der Waals surface area contributed by atoms with Crippen molar-refractivity contribution in [2.75, 3.05) is 0 Å². The first-order valence-electron chi connectivity index (χ1n) is 3.66. The molecule has 0 atom stereocenters. The van der Waals surface area contributed by atoms with Crippen molar-refractivity contribution in [1.29, 1.82) is 0 Å². The van der Waals surface area contributed by atoms with Gasteiger partial charge in [-0.2, -0.15) is 0 Å². The van der Waals surface area contributed by atoms with E-state index in [4.69, 9.17) is 0 Å². The van der Waals surface area contributed by atoms with Crippen LogP contribution in [0.3, 0.4) is 0 Å². The van der Waals surface area contributed by atoms with Crippen LogP contribution in [0.4, 0.5) is 0 Å². The SMILES string of the molecule is C=CCC(CC=C)(C(=O)[O-])C(=O)[O-].[Ag+2]. The number of hydrogen-bond donors (Lipinski definition) is 0. The molecule has 0 bridgehead atoms.